The molecular weight excluding hydrogens is 468 g/mol. The van der Waals surface area contributed by atoms with E-state index in [1.165, 1.54) is 15.6 Å². The van der Waals surface area contributed by atoms with Gasteiger partial charge in [0.05, 0.1) is 17.1 Å². The first-order chi connectivity index (χ1) is 15.4. The molecule has 0 bridgehead atoms. The van der Waals surface area contributed by atoms with Crippen molar-refractivity contribution in [3.63, 3.8) is 0 Å². The van der Waals surface area contributed by atoms with Gasteiger partial charge in [-0.05, 0) is 37.6 Å². The fourth-order valence-corrected chi connectivity index (χ4v) is 6.25. The number of benzene rings is 2. The van der Waals surface area contributed by atoms with Gasteiger partial charge in [0.15, 0.2) is 10.4 Å². The largest absolute Gasteiger partial charge is 0.476 e. The molecule has 8 nitrogen and oxygen atoms in total. The maximum atomic E-state index is 13.4. The highest BCUT2D eigenvalue weighted by atomic mass is 32.2. The maximum Gasteiger partial charge on any atom is 0.269 e. The number of aromatic nitrogens is 2. The van der Waals surface area contributed by atoms with Crippen molar-refractivity contribution in [1.82, 2.24) is 10.2 Å². The molecule has 0 unspecified atom stereocenters. The lowest BCUT2D eigenvalue weighted by molar-refractivity contribution is -0.122. The highest BCUT2D eigenvalue weighted by Crippen LogP contribution is 2.37. The van der Waals surface area contributed by atoms with Crippen LogP contribution in [0.4, 0.5) is 10.8 Å². The van der Waals surface area contributed by atoms with Crippen molar-refractivity contribution >= 4 is 49.8 Å². The number of rotatable bonds is 7. The third kappa shape index (κ3) is 4.74. The number of sulfonamides is 1. The van der Waals surface area contributed by atoms with E-state index in [0.29, 0.717) is 16.6 Å². The Hall–Kier alpha value is -2.63. The van der Waals surface area contributed by atoms with Crippen LogP contribution >= 0.6 is 23.1 Å². The van der Waals surface area contributed by atoms with E-state index in [-0.39, 0.29) is 11.4 Å². The van der Waals surface area contributed by atoms with Gasteiger partial charge >= 0.3 is 0 Å². The monoisotopic (exact) mass is 490 g/mol. The molecule has 1 aliphatic rings. The van der Waals surface area contributed by atoms with E-state index in [0.717, 1.165) is 22.1 Å². The van der Waals surface area contributed by atoms with Crippen molar-refractivity contribution in [3.05, 3.63) is 54.1 Å². The Labute approximate surface area is 195 Å². The van der Waals surface area contributed by atoms with Crippen molar-refractivity contribution in [2.45, 2.75) is 35.6 Å². The van der Waals surface area contributed by atoms with Crippen LogP contribution in [0.3, 0.4) is 0 Å². The minimum atomic E-state index is -3.89. The molecule has 32 heavy (non-hydrogen) atoms. The summed E-state index contributed by atoms with van der Waals surface area (Å²) >= 11 is 2.85. The number of fused-ring (bicyclic) bond motifs is 1. The van der Waals surface area contributed by atoms with Gasteiger partial charge in [-0.15, -0.1) is 10.2 Å². The first-order valence-corrected chi connectivity index (χ1v) is 13.2. The average Bonchev–Trinajstić information content (AvgIpc) is 3.24. The van der Waals surface area contributed by atoms with Gasteiger partial charge < -0.3 is 4.74 Å². The first kappa shape index (κ1) is 22.6. The Morgan fingerprint density at radius 1 is 1.22 bits per heavy atom. The molecule has 168 valence electrons. The topological polar surface area (TPSA) is 101 Å². The summed E-state index contributed by atoms with van der Waals surface area (Å²) in [7, 11) is -3.89. The van der Waals surface area contributed by atoms with Crippen molar-refractivity contribution in [2.24, 2.45) is 0 Å². The lowest BCUT2D eigenvalue weighted by Gasteiger charge is -2.34. The molecule has 1 atom stereocenters. The number of thioether (sulfide) groups is 1. The van der Waals surface area contributed by atoms with Gasteiger partial charge in [-0.3, -0.25) is 14.4 Å². The van der Waals surface area contributed by atoms with Crippen LogP contribution in [0.5, 0.6) is 5.75 Å². The Morgan fingerprint density at radius 2 is 1.97 bits per heavy atom. The summed E-state index contributed by atoms with van der Waals surface area (Å²) in [6.45, 7) is 3.81. The van der Waals surface area contributed by atoms with E-state index in [1.54, 1.807) is 60.3 Å². The van der Waals surface area contributed by atoms with Gasteiger partial charge in [0.25, 0.3) is 15.9 Å². The molecule has 3 aromatic rings. The molecule has 1 amide bonds. The third-order valence-electron chi connectivity index (χ3n) is 4.70. The molecule has 2 aromatic carbocycles. The molecule has 0 fully saturated rings. The molecule has 1 N–H and O–H groups in total. The van der Waals surface area contributed by atoms with Crippen molar-refractivity contribution in [3.8, 4) is 5.75 Å². The molecule has 0 saturated carbocycles. The van der Waals surface area contributed by atoms with E-state index in [2.05, 4.69) is 22.4 Å². The Balaban J connectivity index is 1.58. The van der Waals surface area contributed by atoms with Crippen LogP contribution in [0, 0.1) is 6.92 Å². The molecule has 11 heteroatoms. The van der Waals surface area contributed by atoms with E-state index < -0.39 is 22.0 Å². The maximum absolute atomic E-state index is 13.4. The van der Waals surface area contributed by atoms with Crippen molar-refractivity contribution in [1.29, 1.82) is 0 Å². The van der Waals surface area contributed by atoms with Gasteiger partial charge in [0.1, 0.15) is 5.75 Å². The highest BCUT2D eigenvalue weighted by molar-refractivity contribution is 8.01. The molecule has 4 rings (SSSR count). The van der Waals surface area contributed by atoms with Gasteiger partial charge in [-0.1, -0.05) is 59.9 Å². The average molecular weight is 491 g/mol. The molecular formula is C21H22N4O4S3. The van der Waals surface area contributed by atoms with Crippen LogP contribution in [0.1, 0.15) is 18.9 Å². The molecule has 0 radical (unpaired) electrons. The summed E-state index contributed by atoms with van der Waals surface area (Å²) in [6, 6.07) is 13.4. The predicted molar refractivity (Wildman–Crippen MR) is 126 cm³/mol. The smallest absolute Gasteiger partial charge is 0.269 e. The molecule has 0 saturated heterocycles. The quantitative estimate of drug-likeness (QED) is 0.395. The molecule has 2 heterocycles. The molecule has 0 spiro atoms. The van der Waals surface area contributed by atoms with E-state index in [9.17, 15) is 13.2 Å². The van der Waals surface area contributed by atoms with Crippen LogP contribution in [0.25, 0.3) is 0 Å². The zero-order chi connectivity index (χ0) is 22.7. The molecule has 1 aliphatic heterocycles. The van der Waals surface area contributed by atoms with E-state index in [4.69, 9.17) is 4.74 Å². The second-order valence-electron chi connectivity index (χ2n) is 7.13. The second-order valence-corrected chi connectivity index (χ2v) is 11.3. The summed E-state index contributed by atoms with van der Waals surface area (Å²) in [5.41, 5.74) is 1.35. The number of aryl methyl sites for hydroxylation is 1. The molecule has 1 aromatic heterocycles. The van der Waals surface area contributed by atoms with Crippen LogP contribution in [-0.2, 0) is 14.8 Å². The minimum absolute atomic E-state index is 0.153. The van der Waals surface area contributed by atoms with Gasteiger partial charge in [-0.2, -0.15) is 0 Å². The Bertz CT molecular complexity index is 1210. The van der Waals surface area contributed by atoms with Crippen LogP contribution < -0.4 is 14.4 Å². The SMILES string of the molecule is CCCSc1nnc(NC(=O)[C@@H]2CN(S(=O)(=O)c3ccc(C)cc3)c3ccccc3O2)s1. The number of anilines is 2. The van der Waals surface area contributed by atoms with Crippen LogP contribution in [0.2, 0.25) is 0 Å². The lowest BCUT2D eigenvalue weighted by Crippen LogP contribution is -2.48. The van der Waals surface area contributed by atoms with Crippen LogP contribution in [-0.4, -0.2) is 42.9 Å². The van der Waals surface area contributed by atoms with Gasteiger partial charge in [0.2, 0.25) is 5.13 Å². The second kappa shape index (κ2) is 9.47. The standard InChI is InChI=1S/C21H22N4O4S3/c1-3-12-30-21-24-23-20(31-21)22-19(26)18-13-25(16-6-4-5-7-17(16)29-18)32(27,28)15-10-8-14(2)9-11-15/h4-11,18H,3,12-13H2,1-2H3,(H,22,23,26)/t18-/m0/s1. The zero-order valence-electron chi connectivity index (χ0n) is 17.5. The van der Waals surface area contributed by atoms with E-state index >= 15 is 0 Å². The summed E-state index contributed by atoms with van der Waals surface area (Å²) < 4.78 is 34.7. The first-order valence-electron chi connectivity index (χ1n) is 10.0. The minimum Gasteiger partial charge on any atom is -0.476 e. The lowest BCUT2D eigenvalue weighted by atomic mass is 10.2. The molecule has 0 aliphatic carbocycles. The zero-order valence-corrected chi connectivity index (χ0v) is 20.0. The predicted octanol–water partition coefficient (Wildman–Crippen LogP) is 3.94. The normalized spacial score (nSPS) is 15.7. The number of nitrogens with one attached hydrogen (secondary N) is 1. The number of hydrogen-bond donors (Lipinski definition) is 1. The Kier molecular flexibility index (Phi) is 6.68. The summed E-state index contributed by atoms with van der Waals surface area (Å²) in [4.78, 5) is 13.1. The highest BCUT2D eigenvalue weighted by Gasteiger charge is 2.37. The number of carbonyl (C=O) groups is 1. The number of para-hydroxylation sites is 2. The van der Waals surface area contributed by atoms with Gasteiger partial charge in [-0.25, -0.2) is 8.42 Å². The number of nitrogens with zero attached hydrogens (tertiary/aromatic N) is 3. The number of ether oxygens (including phenoxy) is 1. The number of hydrogen-bond acceptors (Lipinski definition) is 8. The van der Waals surface area contributed by atoms with E-state index in [1.807, 2.05) is 6.92 Å². The Morgan fingerprint density at radius 3 is 2.72 bits per heavy atom. The third-order valence-corrected chi connectivity index (χ3v) is 8.67. The fraction of sp³-hybridized carbons (Fsp3) is 0.286. The van der Waals surface area contributed by atoms with Crippen molar-refractivity contribution in [2.75, 3.05) is 21.9 Å². The van der Waals surface area contributed by atoms with Gasteiger partial charge in [0, 0.05) is 5.75 Å². The summed E-state index contributed by atoms with van der Waals surface area (Å²) in [5.74, 6) is 0.759. The summed E-state index contributed by atoms with van der Waals surface area (Å²) in [5, 5.41) is 11.1. The fourth-order valence-electron chi connectivity index (χ4n) is 3.10. The van der Waals surface area contributed by atoms with Crippen molar-refractivity contribution < 1.29 is 17.9 Å². The number of amides is 1. The van der Waals surface area contributed by atoms with Crippen LogP contribution in [0.15, 0.2) is 57.8 Å². The number of carbonyl (C=O) groups excluding carboxylic acids is 1. The summed E-state index contributed by atoms with van der Waals surface area (Å²) in [6.07, 6.45) is -0.0345.